The van der Waals surface area contributed by atoms with Crippen molar-refractivity contribution in [2.45, 2.75) is 25.3 Å². The Bertz CT molecular complexity index is 1250. The van der Waals surface area contributed by atoms with E-state index in [0.29, 0.717) is 17.9 Å². The van der Waals surface area contributed by atoms with Gasteiger partial charge in [-0.15, -0.1) is 0 Å². The van der Waals surface area contributed by atoms with Gasteiger partial charge in [0.05, 0.1) is 20.3 Å². The van der Waals surface area contributed by atoms with Crippen molar-refractivity contribution in [3.8, 4) is 11.5 Å². The number of amides is 1. The number of aromatic nitrogens is 1. The van der Waals surface area contributed by atoms with Crippen molar-refractivity contribution in [2.24, 2.45) is 7.05 Å². The summed E-state index contributed by atoms with van der Waals surface area (Å²) in [4.78, 5) is 13.2. The quantitative estimate of drug-likeness (QED) is 0.387. The van der Waals surface area contributed by atoms with E-state index in [1.807, 2.05) is 74.6 Å². The highest BCUT2D eigenvalue weighted by molar-refractivity contribution is 5.86. The maximum absolute atomic E-state index is 13.2. The Labute approximate surface area is 195 Å². The highest BCUT2D eigenvalue weighted by Gasteiger charge is 2.24. The lowest BCUT2D eigenvalue weighted by Gasteiger charge is -2.21. The van der Waals surface area contributed by atoms with Crippen LogP contribution >= 0.6 is 0 Å². The molecule has 0 aliphatic heterocycles. The number of rotatable bonds is 8. The summed E-state index contributed by atoms with van der Waals surface area (Å²) in [6.07, 6.45) is 2.45. The van der Waals surface area contributed by atoms with Crippen molar-refractivity contribution >= 4 is 16.8 Å². The number of benzene rings is 3. The molecule has 4 rings (SSSR count). The first kappa shape index (κ1) is 22.5. The van der Waals surface area contributed by atoms with E-state index < -0.39 is 0 Å². The van der Waals surface area contributed by atoms with E-state index >= 15 is 0 Å². The van der Waals surface area contributed by atoms with Gasteiger partial charge in [-0.2, -0.15) is 0 Å². The van der Waals surface area contributed by atoms with Crippen molar-refractivity contribution in [1.82, 2.24) is 9.88 Å². The van der Waals surface area contributed by atoms with E-state index in [0.717, 1.165) is 27.6 Å². The number of fused-ring (bicyclic) bond motifs is 1. The standard InChI is InChI=1S/C28H30N2O3/c1-19(20-10-6-5-7-11-20)29-28(31)17-23(21-14-15-26(32-3)27(16-21)33-4)24-18-30(2)25-13-9-8-12-22(24)25/h5-16,18-19,23H,17H2,1-4H3,(H,29,31)/t19-,23+/m1/s1. The van der Waals surface area contributed by atoms with E-state index in [-0.39, 0.29) is 17.9 Å². The molecule has 170 valence electrons. The minimum atomic E-state index is -0.140. The van der Waals surface area contributed by atoms with Gasteiger partial charge < -0.3 is 19.4 Å². The average Bonchev–Trinajstić information content (AvgIpc) is 3.19. The van der Waals surface area contributed by atoms with E-state index in [1.165, 1.54) is 0 Å². The number of aryl methyl sites for hydroxylation is 1. The van der Waals surface area contributed by atoms with Crippen molar-refractivity contribution in [1.29, 1.82) is 0 Å². The molecule has 0 unspecified atom stereocenters. The lowest BCUT2D eigenvalue weighted by molar-refractivity contribution is -0.121. The van der Waals surface area contributed by atoms with Gasteiger partial charge in [0.15, 0.2) is 11.5 Å². The van der Waals surface area contributed by atoms with Crippen LogP contribution in [0.15, 0.2) is 79.0 Å². The van der Waals surface area contributed by atoms with Crippen molar-refractivity contribution in [3.63, 3.8) is 0 Å². The van der Waals surface area contributed by atoms with Crippen LogP contribution in [0.5, 0.6) is 11.5 Å². The summed E-state index contributed by atoms with van der Waals surface area (Å²) in [5, 5.41) is 4.31. The van der Waals surface area contributed by atoms with Crippen LogP contribution in [0, 0.1) is 0 Å². The van der Waals surface area contributed by atoms with Crippen LogP contribution in [0.1, 0.15) is 42.0 Å². The number of hydrogen-bond acceptors (Lipinski definition) is 3. The second-order valence-electron chi connectivity index (χ2n) is 8.28. The van der Waals surface area contributed by atoms with Crippen LogP contribution < -0.4 is 14.8 Å². The van der Waals surface area contributed by atoms with Gasteiger partial charge in [-0.25, -0.2) is 0 Å². The van der Waals surface area contributed by atoms with Gasteiger partial charge in [0.1, 0.15) is 0 Å². The second kappa shape index (κ2) is 9.82. The number of hydrogen-bond donors (Lipinski definition) is 1. The Hall–Kier alpha value is -3.73. The molecule has 5 nitrogen and oxygen atoms in total. The predicted octanol–water partition coefficient (Wildman–Crippen LogP) is 5.59. The zero-order valence-electron chi connectivity index (χ0n) is 19.5. The summed E-state index contributed by atoms with van der Waals surface area (Å²) in [5.41, 5.74) is 4.34. The molecule has 5 heteroatoms. The SMILES string of the molecule is COc1ccc([C@H](CC(=O)N[C@H](C)c2ccccc2)c2cn(C)c3ccccc23)cc1OC. The van der Waals surface area contributed by atoms with Gasteiger partial charge in [-0.05, 0) is 41.8 Å². The fraction of sp³-hybridized carbons (Fsp3) is 0.250. The van der Waals surface area contributed by atoms with Crippen molar-refractivity contribution < 1.29 is 14.3 Å². The van der Waals surface area contributed by atoms with Crippen LogP contribution in [-0.4, -0.2) is 24.7 Å². The number of nitrogens with zero attached hydrogens (tertiary/aromatic N) is 1. The largest absolute Gasteiger partial charge is 0.493 e. The van der Waals surface area contributed by atoms with Crippen LogP contribution in [0.4, 0.5) is 0 Å². The van der Waals surface area contributed by atoms with E-state index in [2.05, 4.69) is 28.2 Å². The highest BCUT2D eigenvalue weighted by atomic mass is 16.5. The molecule has 0 bridgehead atoms. The number of ether oxygens (including phenoxy) is 2. The second-order valence-corrected chi connectivity index (χ2v) is 8.28. The Morgan fingerprint density at radius 2 is 1.61 bits per heavy atom. The number of nitrogens with one attached hydrogen (secondary N) is 1. The van der Waals surface area contributed by atoms with Gasteiger partial charge in [-0.3, -0.25) is 4.79 Å². The van der Waals surface area contributed by atoms with Crippen LogP contribution in [0.3, 0.4) is 0 Å². The molecule has 0 spiro atoms. The molecule has 0 aliphatic rings. The molecule has 33 heavy (non-hydrogen) atoms. The Kier molecular flexibility index (Phi) is 6.68. The van der Waals surface area contributed by atoms with Crippen LogP contribution in [0.2, 0.25) is 0 Å². The Morgan fingerprint density at radius 3 is 2.33 bits per heavy atom. The first-order valence-electron chi connectivity index (χ1n) is 11.1. The Balaban J connectivity index is 1.71. The zero-order valence-corrected chi connectivity index (χ0v) is 19.5. The topological polar surface area (TPSA) is 52.5 Å². The first-order valence-corrected chi connectivity index (χ1v) is 11.1. The highest BCUT2D eigenvalue weighted by Crippen LogP contribution is 2.38. The molecule has 3 aromatic carbocycles. The predicted molar refractivity (Wildman–Crippen MR) is 132 cm³/mol. The Morgan fingerprint density at radius 1 is 0.909 bits per heavy atom. The summed E-state index contributed by atoms with van der Waals surface area (Å²) < 4.78 is 13.1. The first-order chi connectivity index (χ1) is 16.0. The van der Waals surface area contributed by atoms with E-state index in [4.69, 9.17) is 9.47 Å². The summed E-state index contributed by atoms with van der Waals surface area (Å²) in [6, 6.07) is 24.1. The molecule has 4 aromatic rings. The third kappa shape index (κ3) is 4.72. The fourth-order valence-corrected chi connectivity index (χ4v) is 4.44. The maximum atomic E-state index is 13.2. The van der Waals surface area contributed by atoms with Gasteiger partial charge >= 0.3 is 0 Å². The molecule has 0 radical (unpaired) electrons. The monoisotopic (exact) mass is 442 g/mol. The summed E-state index contributed by atoms with van der Waals surface area (Å²) in [6.45, 7) is 2.01. The normalized spacial score (nSPS) is 12.8. The van der Waals surface area contributed by atoms with Gasteiger partial charge in [-0.1, -0.05) is 54.6 Å². The molecule has 0 fully saturated rings. The average molecular weight is 443 g/mol. The molecule has 0 saturated heterocycles. The molecule has 1 amide bonds. The lowest BCUT2D eigenvalue weighted by atomic mass is 9.87. The smallest absolute Gasteiger partial charge is 0.221 e. The van der Waals surface area contributed by atoms with Gasteiger partial charge in [0.2, 0.25) is 5.91 Å². The van der Waals surface area contributed by atoms with E-state index in [1.54, 1.807) is 14.2 Å². The molecule has 1 N–H and O–H groups in total. The van der Waals surface area contributed by atoms with Crippen LogP contribution in [0.25, 0.3) is 10.9 Å². The lowest BCUT2D eigenvalue weighted by Crippen LogP contribution is -2.28. The summed E-state index contributed by atoms with van der Waals surface area (Å²) in [7, 11) is 5.29. The minimum Gasteiger partial charge on any atom is -0.493 e. The number of carbonyl (C=O) groups excluding carboxylic acids is 1. The number of para-hydroxylation sites is 1. The van der Waals surface area contributed by atoms with Crippen molar-refractivity contribution in [2.75, 3.05) is 14.2 Å². The third-order valence-electron chi connectivity index (χ3n) is 6.18. The molecular weight excluding hydrogens is 412 g/mol. The fourth-order valence-electron chi connectivity index (χ4n) is 4.44. The van der Waals surface area contributed by atoms with Crippen LogP contribution in [-0.2, 0) is 11.8 Å². The van der Waals surface area contributed by atoms with E-state index in [9.17, 15) is 4.79 Å². The third-order valence-corrected chi connectivity index (χ3v) is 6.18. The van der Waals surface area contributed by atoms with Crippen molar-refractivity contribution in [3.05, 3.63) is 95.7 Å². The molecular formula is C28H30N2O3. The number of methoxy groups -OCH3 is 2. The summed E-state index contributed by atoms with van der Waals surface area (Å²) >= 11 is 0. The molecule has 0 saturated carbocycles. The zero-order chi connectivity index (χ0) is 23.4. The molecule has 1 aromatic heterocycles. The molecule has 2 atom stereocenters. The minimum absolute atomic E-state index is 0.000859. The maximum Gasteiger partial charge on any atom is 0.221 e. The van der Waals surface area contributed by atoms with Gasteiger partial charge in [0.25, 0.3) is 0 Å². The van der Waals surface area contributed by atoms with Gasteiger partial charge in [0, 0.05) is 36.5 Å². The number of carbonyl (C=O) groups is 1. The molecule has 0 aliphatic carbocycles. The summed E-state index contributed by atoms with van der Waals surface area (Å²) in [5.74, 6) is 1.18. The molecule has 1 heterocycles.